The first-order valence-electron chi connectivity index (χ1n) is 10.3. The normalized spacial score (nSPS) is 31.9. The van der Waals surface area contributed by atoms with Crippen LogP contribution in [0.3, 0.4) is 0 Å². The van der Waals surface area contributed by atoms with Crippen molar-refractivity contribution < 1.29 is 18.8 Å². The van der Waals surface area contributed by atoms with Gasteiger partial charge < -0.3 is 24.2 Å². The molecule has 4 aliphatic rings. The van der Waals surface area contributed by atoms with Crippen molar-refractivity contribution in [3.05, 3.63) is 40.8 Å². The van der Waals surface area contributed by atoms with Gasteiger partial charge in [0.2, 0.25) is 5.89 Å². The number of fused-ring (bicyclic) bond motifs is 2. The number of amides is 1. The molecular formula is C21H24N4O4. The number of carbonyl (C=O) groups excluding carboxylic acids is 1. The monoisotopic (exact) mass is 396 g/mol. The van der Waals surface area contributed by atoms with E-state index in [0.717, 1.165) is 42.6 Å². The molecule has 1 amide bonds. The molecule has 8 nitrogen and oxygen atoms in total. The molecule has 5 heterocycles. The molecule has 2 bridgehead atoms. The van der Waals surface area contributed by atoms with E-state index in [1.807, 2.05) is 18.2 Å². The smallest absolute Gasteiger partial charge is 0.266 e. The first kappa shape index (κ1) is 17.4. The third-order valence-corrected chi connectivity index (χ3v) is 7.10. The lowest BCUT2D eigenvalue weighted by Gasteiger charge is -2.29. The molecule has 4 atom stereocenters. The fraction of sp³-hybridized carbons (Fsp3) is 0.571. The van der Waals surface area contributed by atoms with Crippen molar-refractivity contribution in [1.82, 2.24) is 15.5 Å². The molecule has 1 N–H and O–H groups in total. The Morgan fingerprint density at radius 1 is 1.38 bits per heavy atom. The maximum atomic E-state index is 12.9. The Bertz CT molecular complexity index is 975. The summed E-state index contributed by atoms with van der Waals surface area (Å²) in [5.41, 5.74) is 2.72. The van der Waals surface area contributed by atoms with E-state index in [-0.39, 0.29) is 17.6 Å². The van der Waals surface area contributed by atoms with E-state index in [0.29, 0.717) is 43.4 Å². The summed E-state index contributed by atoms with van der Waals surface area (Å²) in [6.07, 6.45) is 2.33. The summed E-state index contributed by atoms with van der Waals surface area (Å²) in [6, 6.07) is 5.84. The van der Waals surface area contributed by atoms with Gasteiger partial charge in [-0.3, -0.25) is 4.79 Å². The Kier molecular flexibility index (Phi) is 3.77. The number of ether oxygens (including phenoxy) is 2. The number of nitrogens with zero attached hydrogens (tertiary/aromatic N) is 3. The number of hydrogen-bond donors (Lipinski definition) is 1. The highest BCUT2D eigenvalue weighted by molar-refractivity contribution is 5.96. The summed E-state index contributed by atoms with van der Waals surface area (Å²) in [5.74, 6) is 1.86. The van der Waals surface area contributed by atoms with Crippen LogP contribution in [0.5, 0.6) is 0 Å². The van der Waals surface area contributed by atoms with E-state index in [4.69, 9.17) is 14.0 Å². The molecule has 0 saturated carbocycles. The fourth-order valence-corrected chi connectivity index (χ4v) is 5.75. The minimum Gasteiger partial charge on any atom is -0.372 e. The lowest BCUT2D eigenvalue weighted by molar-refractivity contribution is 0.0141. The Hall–Kier alpha value is -2.45. The largest absolute Gasteiger partial charge is 0.372 e. The van der Waals surface area contributed by atoms with Crippen molar-refractivity contribution in [3.63, 3.8) is 0 Å². The third kappa shape index (κ3) is 2.62. The molecule has 2 aromatic rings. The number of rotatable bonds is 4. The first-order chi connectivity index (χ1) is 14.1. The predicted octanol–water partition coefficient (Wildman–Crippen LogP) is 1.82. The second-order valence-electron chi connectivity index (χ2n) is 8.67. The average molecular weight is 396 g/mol. The van der Waals surface area contributed by atoms with Gasteiger partial charge in [-0.15, -0.1) is 0 Å². The van der Waals surface area contributed by atoms with E-state index in [1.165, 1.54) is 0 Å². The quantitative estimate of drug-likeness (QED) is 0.843. The van der Waals surface area contributed by atoms with Crippen LogP contribution in [0.15, 0.2) is 22.7 Å². The van der Waals surface area contributed by atoms with Crippen LogP contribution >= 0.6 is 0 Å². The molecule has 6 rings (SSSR count). The molecule has 0 aliphatic carbocycles. The van der Waals surface area contributed by atoms with Crippen molar-refractivity contribution in [3.8, 4) is 0 Å². The fourth-order valence-electron chi connectivity index (χ4n) is 5.75. The van der Waals surface area contributed by atoms with Crippen LogP contribution in [0.4, 0.5) is 5.95 Å². The molecule has 0 radical (unpaired) electrons. The Balaban J connectivity index is 1.18. The highest BCUT2D eigenvalue weighted by Crippen LogP contribution is 2.55. The van der Waals surface area contributed by atoms with E-state index in [9.17, 15) is 4.79 Å². The summed E-state index contributed by atoms with van der Waals surface area (Å²) in [7, 11) is 0. The van der Waals surface area contributed by atoms with Gasteiger partial charge in [-0.1, -0.05) is 12.1 Å². The van der Waals surface area contributed by atoms with Crippen LogP contribution in [-0.4, -0.2) is 47.4 Å². The highest BCUT2D eigenvalue weighted by Gasteiger charge is 2.63. The topological polar surface area (TPSA) is 89.7 Å². The van der Waals surface area contributed by atoms with Crippen LogP contribution in [0.1, 0.15) is 40.2 Å². The second-order valence-corrected chi connectivity index (χ2v) is 8.67. The minimum atomic E-state index is -0.142. The van der Waals surface area contributed by atoms with E-state index >= 15 is 0 Å². The molecule has 29 heavy (non-hydrogen) atoms. The molecule has 3 fully saturated rings. The van der Waals surface area contributed by atoms with Crippen molar-refractivity contribution in [2.24, 2.45) is 11.8 Å². The minimum absolute atomic E-state index is 0.0205. The maximum absolute atomic E-state index is 12.9. The standard InChI is InChI=1S/C21H24N4O4/c1-12-23-20(24-29-12)25-8-17-15(18-5-6-21(17,11-25)28-18)7-22-19(26)14-4-2-3-13-9-27-10-16(13)14/h2-4,15,17-18H,5-11H2,1H3,(H,22,26)/t15-,17+,18+,21+/m0/s1. The van der Waals surface area contributed by atoms with Crippen molar-refractivity contribution in [2.45, 2.75) is 44.7 Å². The summed E-state index contributed by atoms with van der Waals surface area (Å²) >= 11 is 0. The van der Waals surface area contributed by atoms with Crippen molar-refractivity contribution in [1.29, 1.82) is 0 Å². The lowest BCUT2D eigenvalue weighted by atomic mass is 9.73. The highest BCUT2D eigenvalue weighted by atomic mass is 16.5. The Labute approximate surface area is 168 Å². The van der Waals surface area contributed by atoms with Crippen molar-refractivity contribution in [2.75, 3.05) is 24.5 Å². The number of carbonyl (C=O) groups is 1. The van der Waals surface area contributed by atoms with Gasteiger partial charge in [0.15, 0.2) is 0 Å². The summed E-state index contributed by atoms with van der Waals surface area (Å²) in [6.45, 7) is 5.16. The molecular weight excluding hydrogens is 372 g/mol. The SMILES string of the molecule is Cc1nc(N2C[C@@H]3[C@H](CNC(=O)c4cccc5c4COC5)[C@H]4CC[C@]3(C2)O4)no1. The second kappa shape index (κ2) is 6.27. The summed E-state index contributed by atoms with van der Waals surface area (Å²) in [5, 5.41) is 7.26. The molecule has 3 saturated heterocycles. The van der Waals surface area contributed by atoms with Gasteiger partial charge in [-0.2, -0.15) is 4.98 Å². The van der Waals surface area contributed by atoms with Gasteiger partial charge in [0.05, 0.1) is 31.5 Å². The Morgan fingerprint density at radius 3 is 3.17 bits per heavy atom. The van der Waals surface area contributed by atoms with Gasteiger partial charge in [0.25, 0.3) is 11.9 Å². The van der Waals surface area contributed by atoms with Crippen molar-refractivity contribution >= 4 is 11.9 Å². The first-order valence-corrected chi connectivity index (χ1v) is 10.3. The van der Waals surface area contributed by atoms with Gasteiger partial charge in [0.1, 0.15) is 0 Å². The Morgan fingerprint density at radius 2 is 2.31 bits per heavy atom. The zero-order chi connectivity index (χ0) is 19.6. The third-order valence-electron chi connectivity index (χ3n) is 7.10. The van der Waals surface area contributed by atoms with Gasteiger partial charge in [-0.25, -0.2) is 0 Å². The van der Waals surface area contributed by atoms with Crippen LogP contribution < -0.4 is 10.2 Å². The molecule has 0 unspecified atom stereocenters. The molecule has 1 aromatic carbocycles. The number of anilines is 1. The number of hydrogen-bond acceptors (Lipinski definition) is 7. The average Bonchev–Trinajstić information content (AvgIpc) is 3.50. The number of benzene rings is 1. The van der Waals surface area contributed by atoms with Crippen LogP contribution in [0.2, 0.25) is 0 Å². The number of aromatic nitrogens is 2. The van der Waals surface area contributed by atoms with Crippen LogP contribution in [-0.2, 0) is 22.7 Å². The van der Waals surface area contributed by atoms with E-state index < -0.39 is 0 Å². The lowest BCUT2D eigenvalue weighted by Crippen LogP contribution is -2.42. The zero-order valence-corrected chi connectivity index (χ0v) is 16.4. The number of aryl methyl sites for hydroxylation is 1. The molecule has 1 spiro atoms. The van der Waals surface area contributed by atoms with Crippen LogP contribution in [0.25, 0.3) is 0 Å². The van der Waals surface area contributed by atoms with E-state index in [2.05, 4.69) is 20.4 Å². The molecule has 1 aromatic heterocycles. The zero-order valence-electron chi connectivity index (χ0n) is 16.4. The van der Waals surface area contributed by atoms with Gasteiger partial charge in [-0.05, 0) is 35.2 Å². The van der Waals surface area contributed by atoms with E-state index in [1.54, 1.807) is 6.92 Å². The molecule has 4 aliphatic heterocycles. The predicted molar refractivity (Wildman–Crippen MR) is 102 cm³/mol. The molecule has 152 valence electrons. The molecule has 8 heteroatoms. The summed E-state index contributed by atoms with van der Waals surface area (Å²) < 4.78 is 17.1. The van der Waals surface area contributed by atoms with Gasteiger partial charge in [0, 0.05) is 37.4 Å². The maximum Gasteiger partial charge on any atom is 0.266 e. The van der Waals surface area contributed by atoms with Gasteiger partial charge >= 0.3 is 0 Å². The summed E-state index contributed by atoms with van der Waals surface area (Å²) in [4.78, 5) is 19.4. The number of nitrogens with one attached hydrogen (secondary N) is 1. The van der Waals surface area contributed by atoms with Crippen LogP contribution in [0, 0.1) is 18.8 Å².